The molecule has 0 saturated carbocycles. The van der Waals surface area contributed by atoms with Crippen LogP contribution >= 0.6 is 0 Å². The van der Waals surface area contributed by atoms with E-state index >= 15 is 0 Å². The summed E-state index contributed by atoms with van der Waals surface area (Å²) in [4.78, 5) is 3.81. The van der Waals surface area contributed by atoms with E-state index in [0.717, 1.165) is 16.9 Å². The molecule has 2 rings (SSSR count). The van der Waals surface area contributed by atoms with Crippen LogP contribution in [-0.2, 0) is 0 Å². The number of nitrogens with one attached hydrogen (secondary N) is 1. The first-order valence-electron chi connectivity index (χ1n) is 7.26. The van der Waals surface area contributed by atoms with Gasteiger partial charge in [0.25, 0.3) is 0 Å². The summed E-state index contributed by atoms with van der Waals surface area (Å²) in [5.41, 5.74) is 1.85. The number of pyridine rings is 1. The van der Waals surface area contributed by atoms with Crippen LogP contribution in [0, 0.1) is 12.7 Å². The molecule has 2 aromatic rings. The summed E-state index contributed by atoms with van der Waals surface area (Å²) in [6, 6.07) is 9.00. The number of aliphatic hydroxyl groups is 1. The van der Waals surface area contributed by atoms with Gasteiger partial charge in [-0.3, -0.25) is 4.98 Å². The largest absolute Gasteiger partial charge is 0.491 e. The molecule has 0 spiro atoms. The third-order valence-corrected chi connectivity index (χ3v) is 3.32. The van der Waals surface area contributed by atoms with E-state index in [2.05, 4.69) is 10.3 Å². The molecule has 0 aliphatic rings. The fourth-order valence-corrected chi connectivity index (χ4v) is 2.05. The predicted octanol–water partition coefficient (Wildman–Crippen LogP) is 2.62. The Hall–Kier alpha value is -1.98. The number of ether oxygens (including phenoxy) is 1. The number of aromatic nitrogens is 1. The second kappa shape index (κ2) is 7.87. The van der Waals surface area contributed by atoms with E-state index < -0.39 is 6.10 Å². The lowest BCUT2D eigenvalue weighted by Gasteiger charge is -2.18. The minimum atomic E-state index is -0.649. The van der Waals surface area contributed by atoms with E-state index in [-0.39, 0.29) is 18.5 Å². The highest BCUT2D eigenvalue weighted by Gasteiger charge is 2.10. The van der Waals surface area contributed by atoms with Gasteiger partial charge in [0.1, 0.15) is 24.3 Å². The maximum Gasteiger partial charge on any atom is 0.141 e. The summed E-state index contributed by atoms with van der Waals surface area (Å²) >= 11 is 0. The van der Waals surface area contributed by atoms with Crippen molar-refractivity contribution >= 4 is 0 Å². The molecule has 1 aromatic carbocycles. The van der Waals surface area contributed by atoms with E-state index in [4.69, 9.17) is 4.74 Å². The van der Waals surface area contributed by atoms with Crippen LogP contribution in [0.15, 0.2) is 42.7 Å². The van der Waals surface area contributed by atoms with Crippen molar-refractivity contribution in [3.8, 4) is 5.75 Å². The topological polar surface area (TPSA) is 54.4 Å². The van der Waals surface area contributed by atoms with E-state index in [9.17, 15) is 9.50 Å². The highest BCUT2D eigenvalue weighted by Crippen LogP contribution is 2.13. The lowest BCUT2D eigenvalue weighted by molar-refractivity contribution is 0.104. The second-order valence-electron chi connectivity index (χ2n) is 5.35. The van der Waals surface area contributed by atoms with E-state index in [1.165, 1.54) is 12.3 Å². The third-order valence-electron chi connectivity index (χ3n) is 3.32. The molecule has 1 heterocycles. The first-order chi connectivity index (χ1) is 10.5. The van der Waals surface area contributed by atoms with Gasteiger partial charge in [0.15, 0.2) is 0 Å². The van der Waals surface area contributed by atoms with Crippen molar-refractivity contribution in [1.82, 2.24) is 10.3 Å². The molecule has 22 heavy (non-hydrogen) atoms. The smallest absolute Gasteiger partial charge is 0.141 e. The van der Waals surface area contributed by atoms with Gasteiger partial charge in [0, 0.05) is 18.8 Å². The number of hydrogen-bond donors (Lipinski definition) is 2. The SMILES string of the molecule is Cc1cccc(OCC(O)CNC(C)c2cncc(F)c2)c1. The van der Waals surface area contributed by atoms with Crippen molar-refractivity contribution in [1.29, 1.82) is 0 Å². The lowest BCUT2D eigenvalue weighted by Crippen LogP contribution is -2.33. The number of aliphatic hydroxyl groups excluding tert-OH is 1. The standard InChI is InChI=1S/C17H21FN2O2/c1-12-4-3-5-17(6-12)22-11-16(21)10-20-13(2)14-7-15(18)9-19-8-14/h3-9,13,16,20-21H,10-11H2,1-2H3. The van der Waals surface area contributed by atoms with Crippen LogP contribution in [0.5, 0.6) is 5.75 Å². The van der Waals surface area contributed by atoms with Crippen LogP contribution in [0.1, 0.15) is 24.1 Å². The summed E-state index contributed by atoms with van der Waals surface area (Å²) in [5, 5.41) is 13.1. The molecule has 0 fully saturated rings. The van der Waals surface area contributed by atoms with Crippen LogP contribution < -0.4 is 10.1 Å². The highest BCUT2D eigenvalue weighted by atomic mass is 19.1. The summed E-state index contributed by atoms with van der Waals surface area (Å²) < 4.78 is 18.7. The summed E-state index contributed by atoms with van der Waals surface area (Å²) in [7, 11) is 0. The number of halogens is 1. The molecule has 2 N–H and O–H groups in total. The van der Waals surface area contributed by atoms with Crippen LogP contribution in [-0.4, -0.2) is 29.3 Å². The molecule has 0 bridgehead atoms. The van der Waals surface area contributed by atoms with Gasteiger partial charge in [-0.15, -0.1) is 0 Å². The first-order valence-corrected chi connectivity index (χ1v) is 7.26. The van der Waals surface area contributed by atoms with Gasteiger partial charge < -0.3 is 15.2 Å². The molecule has 0 saturated heterocycles. The van der Waals surface area contributed by atoms with E-state index in [1.54, 1.807) is 6.20 Å². The summed E-state index contributed by atoms with van der Waals surface area (Å²) in [6.45, 7) is 4.43. The Balaban J connectivity index is 1.76. The molecular weight excluding hydrogens is 283 g/mol. The van der Waals surface area contributed by atoms with Crippen LogP contribution in [0.25, 0.3) is 0 Å². The Bertz CT molecular complexity index is 607. The maximum absolute atomic E-state index is 13.1. The molecule has 2 atom stereocenters. The Morgan fingerprint density at radius 2 is 2.14 bits per heavy atom. The fourth-order valence-electron chi connectivity index (χ4n) is 2.05. The average Bonchev–Trinajstić information content (AvgIpc) is 2.50. The zero-order valence-corrected chi connectivity index (χ0v) is 12.8. The second-order valence-corrected chi connectivity index (χ2v) is 5.35. The van der Waals surface area contributed by atoms with Gasteiger partial charge >= 0.3 is 0 Å². The molecule has 5 heteroatoms. The van der Waals surface area contributed by atoms with Crippen LogP contribution in [0.3, 0.4) is 0 Å². The monoisotopic (exact) mass is 304 g/mol. The van der Waals surface area contributed by atoms with E-state index in [1.807, 2.05) is 38.1 Å². The summed E-state index contributed by atoms with van der Waals surface area (Å²) in [6.07, 6.45) is 2.13. The van der Waals surface area contributed by atoms with Crippen molar-refractivity contribution in [3.63, 3.8) is 0 Å². The Kier molecular flexibility index (Phi) is 5.86. The maximum atomic E-state index is 13.1. The minimum Gasteiger partial charge on any atom is -0.491 e. The van der Waals surface area contributed by atoms with E-state index in [0.29, 0.717) is 6.54 Å². The number of rotatable bonds is 7. The van der Waals surface area contributed by atoms with Crippen molar-refractivity contribution in [2.45, 2.75) is 26.0 Å². The zero-order valence-electron chi connectivity index (χ0n) is 12.8. The average molecular weight is 304 g/mol. The van der Waals surface area contributed by atoms with Gasteiger partial charge in [-0.2, -0.15) is 0 Å². The van der Waals surface area contributed by atoms with Crippen molar-refractivity contribution in [3.05, 3.63) is 59.7 Å². The van der Waals surface area contributed by atoms with Gasteiger partial charge in [0.05, 0.1) is 6.20 Å². The van der Waals surface area contributed by atoms with Crippen molar-refractivity contribution in [2.75, 3.05) is 13.2 Å². The molecular formula is C17H21FN2O2. The molecule has 2 unspecified atom stereocenters. The molecule has 0 amide bonds. The predicted molar refractivity (Wildman–Crippen MR) is 83.3 cm³/mol. The lowest BCUT2D eigenvalue weighted by atomic mass is 10.1. The Morgan fingerprint density at radius 1 is 1.32 bits per heavy atom. The summed E-state index contributed by atoms with van der Waals surface area (Å²) in [5.74, 6) is 0.371. The van der Waals surface area contributed by atoms with Gasteiger partial charge in [0.2, 0.25) is 0 Å². The van der Waals surface area contributed by atoms with Gasteiger partial charge in [-0.1, -0.05) is 12.1 Å². The highest BCUT2D eigenvalue weighted by molar-refractivity contribution is 5.27. The quantitative estimate of drug-likeness (QED) is 0.825. The van der Waals surface area contributed by atoms with Gasteiger partial charge in [-0.25, -0.2) is 4.39 Å². The molecule has 0 aliphatic carbocycles. The zero-order chi connectivity index (χ0) is 15.9. The number of nitrogens with zero attached hydrogens (tertiary/aromatic N) is 1. The van der Waals surface area contributed by atoms with Crippen molar-refractivity contribution < 1.29 is 14.2 Å². The number of aryl methyl sites for hydroxylation is 1. The number of hydrogen-bond acceptors (Lipinski definition) is 4. The minimum absolute atomic E-state index is 0.100. The van der Waals surface area contributed by atoms with Gasteiger partial charge in [-0.05, 0) is 43.2 Å². The van der Waals surface area contributed by atoms with Crippen molar-refractivity contribution in [2.24, 2.45) is 0 Å². The van der Waals surface area contributed by atoms with Crippen LogP contribution in [0.4, 0.5) is 4.39 Å². The fraction of sp³-hybridized carbons (Fsp3) is 0.353. The molecule has 0 aliphatic heterocycles. The molecule has 1 aromatic heterocycles. The Labute approximate surface area is 130 Å². The molecule has 118 valence electrons. The first kappa shape index (κ1) is 16.4. The normalized spacial score (nSPS) is 13.6. The molecule has 4 nitrogen and oxygen atoms in total. The third kappa shape index (κ3) is 5.09. The molecule has 0 radical (unpaired) electrons. The Morgan fingerprint density at radius 3 is 2.86 bits per heavy atom. The number of benzene rings is 1. The van der Waals surface area contributed by atoms with Crippen LogP contribution in [0.2, 0.25) is 0 Å².